The van der Waals surface area contributed by atoms with Crippen molar-refractivity contribution >= 4 is 68.1 Å². The zero-order valence-electron chi connectivity index (χ0n) is 19.2. The fraction of sp³-hybridized carbons (Fsp3) is 0.115. The van der Waals surface area contributed by atoms with Gasteiger partial charge in [0.15, 0.2) is 23.0 Å². The van der Waals surface area contributed by atoms with Gasteiger partial charge in [-0.2, -0.15) is 0 Å². The molecule has 0 aliphatic carbocycles. The van der Waals surface area contributed by atoms with Crippen molar-refractivity contribution in [2.24, 2.45) is 0 Å². The van der Waals surface area contributed by atoms with Gasteiger partial charge in [-0.25, -0.2) is 9.69 Å². The molecular weight excluding hydrogens is 659 g/mol. The second-order valence-electron chi connectivity index (χ2n) is 7.94. The molecule has 37 heavy (non-hydrogen) atoms. The van der Waals surface area contributed by atoms with Crippen LogP contribution in [0.4, 0.5) is 10.5 Å². The predicted octanol–water partition coefficient (Wildman–Crippen LogP) is 5.04. The average molecular weight is 677 g/mol. The number of nitrogens with zero attached hydrogens (tertiary/aromatic N) is 1. The summed E-state index contributed by atoms with van der Waals surface area (Å²) in [5.41, 5.74) is 1.49. The number of benzene rings is 3. The number of carbonyl (C=O) groups excluding carboxylic acids is 3. The lowest BCUT2D eigenvalue weighted by Crippen LogP contribution is -2.54. The molecule has 2 aliphatic heterocycles. The Bertz CT molecular complexity index is 1460. The van der Waals surface area contributed by atoms with Crippen LogP contribution in [-0.4, -0.2) is 31.7 Å². The lowest BCUT2D eigenvalue weighted by atomic mass is 10.1. The summed E-state index contributed by atoms with van der Waals surface area (Å²) in [7, 11) is 1.49. The minimum absolute atomic E-state index is 0.0453. The number of nitrogens with one attached hydrogen (secondary N) is 1. The van der Waals surface area contributed by atoms with Gasteiger partial charge in [-0.1, -0.05) is 12.1 Å². The molecule has 2 aliphatic rings. The van der Waals surface area contributed by atoms with Crippen LogP contribution in [0.25, 0.3) is 6.08 Å². The van der Waals surface area contributed by atoms with E-state index in [4.69, 9.17) is 18.9 Å². The van der Waals surface area contributed by atoms with Gasteiger partial charge in [0.25, 0.3) is 11.8 Å². The number of halogens is 2. The van der Waals surface area contributed by atoms with E-state index in [1.54, 1.807) is 18.2 Å². The van der Waals surface area contributed by atoms with Crippen LogP contribution >= 0.6 is 38.5 Å². The quantitative estimate of drug-likeness (QED) is 0.222. The number of methoxy groups -OCH3 is 1. The molecule has 0 saturated carbocycles. The van der Waals surface area contributed by atoms with E-state index in [1.807, 2.05) is 24.3 Å². The van der Waals surface area contributed by atoms with Crippen LogP contribution < -0.4 is 29.2 Å². The topological polar surface area (TPSA) is 103 Å². The molecular formula is C26H18BrIN2O7. The third kappa shape index (κ3) is 5.14. The molecule has 0 aromatic heterocycles. The summed E-state index contributed by atoms with van der Waals surface area (Å²) < 4.78 is 23.8. The first-order chi connectivity index (χ1) is 17.8. The van der Waals surface area contributed by atoms with Gasteiger partial charge in [0.1, 0.15) is 12.2 Å². The lowest BCUT2D eigenvalue weighted by Gasteiger charge is -2.26. The maximum Gasteiger partial charge on any atom is 0.335 e. The molecule has 11 heteroatoms. The molecule has 3 aromatic carbocycles. The molecule has 4 amide bonds. The van der Waals surface area contributed by atoms with E-state index in [1.165, 1.54) is 25.3 Å². The molecule has 9 nitrogen and oxygen atoms in total. The fourth-order valence-electron chi connectivity index (χ4n) is 3.78. The molecule has 188 valence electrons. The van der Waals surface area contributed by atoms with E-state index in [0.717, 1.165) is 14.0 Å². The summed E-state index contributed by atoms with van der Waals surface area (Å²) >= 11 is 5.73. The smallest absolute Gasteiger partial charge is 0.335 e. The Kier molecular flexibility index (Phi) is 7.07. The number of hydrogen-bond acceptors (Lipinski definition) is 7. The van der Waals surface area contributed by atoms with E-state index in [-0.39, 0.29) is 18.1 Å². The van der Waals surface area contributed by atoms with Gasteiger partial charge < -0.3 is 18.9 Å². The van der Waals surface area contributed by atoms with Crippen molar-refractivity contribution in [1.82, 2.24) is 5.32 Å². The number of imide groups is 2. The molecule has 5 rings (SSSR count). The number of amides is 4. The number of urea groups is 1. The van der Waals surface area contributed by atoms with Crippen molar-refractivity contribution in [2.75, 3.05) is 18.8 Å². The summed E-state index contributed by atoms with van der Waals surface area (Å²) in [5.74, 6) is 0.193. The van der Waals surface area contributed by atoms with Gasteiger partial charge in [-0.15, -0.1) is 0 Å². The van der Waals surface area contributed by atoms with Crippen molar-refractivity contribution < 1.29 is 33.3 Å². The third-order valence-electron chi connectivity index (χ3n) is 5.58. The Balaban J connectivity index is 1.43. The summed E-state index contributed by atoms with van der Waals surface area (Å²) in [6.07, 6.45) is 1.39. The van der Waals surface area contributed by atoms with Crippen molar-refractivity contribution in [3.8, 4) is 23.0 Å². The van der Waals surface area contributed by atoms with E-state index in [2.05, 4.69) is 43.8 Å². The summed E-state index contributed by atoms with van der Waals surface area (Å²) in [6.45, 7) is 0.365. The van der Waals surface area contributed by atoms with E-state index >= 15 is 0 Å². The second-order valence-corrected chi connectivity index (χ2v) is 10.0. The Hall–Kier alpha value is -3.58. The van der Waals surface area contributed by atoms with Crippen LogP contribution in [-0.2, 0) is 16.2 Å². The van der Waals surface area contributed by atoms with E-state index in [0.29, 0.717) is 39.6 Å². The first-order valence-electron chi connectivity index (χ1n) is 10.9. The lowest BCUT2D eigenvalue weighted by molar-refractivity contribution is -0.122. The highest BCUT2D eigenvalue weighted by Crippen LogP contribution is 2.39. The highest BCUT2D eigenvalue weighted by molar-refractivity contribution is 14.1. The average Bonchev–Trinajstić information content (AvgIpc) is 3.34. The molecule has 0 atom stereocenters. The molecule has 2 heterocycles. The zero-order valence-corrected chi connectivity index (χ0v) is 23.0. The Morgan fingerprint density at radius 3 is 2.57 bits per heavy atom. The van der Waals surface area contributed by atoms with Crippen molar-refractivity contribution in [3.05, 3.63) is 79.3 Å². The molecule has 1 fully saturated rings. The molecule has 0 bridgehead atoms. The molecule has 0 unspecified atom stereocenters. The van der Waals surface area contributed by atoms with Gasteiger partial charge in [0, 0.05) is 9.64 Å². The van der Waals surface area contributed by atoms with Gasteiger partial charge in [0.2, 0.25) is 6.79 Å². The standard InChI is InChI=1S/C26H18BrIN2O7/c1-34-22-10-15(9-19(27)23(22)35-12-14-2-4-16(28)5-3-14)8-18-24(31)29-26(33)30(25(18)32)17-6-7-20-21(11-17)37-13-36-20/h2-11H,12-13H2,1H3,(H,29,31,33)/b18-8+. The minimum Gasteiger partial charge on any atom is -0.493 e. The Labute approximate surface area is 233 Å². The minimum atomic E-state index is -0.857. The summed E-state index contributed by atoms with van der Waals surface area (Å²) in [6, 6.07) is 15.0. The second kappa shape index (κ2) is 10.4. The highest BCUT2D eigenvalue weighted by Gasteiger charge is 2.37. The SMILES string of the molecule is COc1cc(/C=C2\C(=O)NC(=O)N(c3ccc4c(c3)OCO4)C2=O)cc(Br)c1OCc1ccc(I)cc1. The third-order valence-corrected chi connectivity index (χ3v) is 6.88. The number of rotatable bonds is 6. The van der Waals surface area contributed by atoms with Crippen molar-refractivity contribution in [1.29, 1.82) is 0 Å². The van der Waals surface area contributed by atoms with Gasteiger partial charge >= 0.3 is 6.03 Å². The van der Waals surface area contributed by atoms with Gasteiger partial charge in [-0.3, -0.25) is 14.9 Å². The number of anilines is 1. The first-order valence-corrected chi connectivity index (χ1v) is 12.8. The maximum atomic E-state index is 13.3. The predicted molar refractivity (Wildman–Crippen MR) is 146 cm³/mol. The van der Waals surface area contributed by atoms with Crippen molar-refractivity contribution in [2.45, 2.75) is 6.61 Å². The normalized spacial score (nSPS) is 15.7. The number of barbiturate groups is 1. The molecule has 0 radical (unpaired) electrons. The van der Waals surface area contributed by atoms with Crippen LogP contribution in [0, 0.1) is 3.57 Å². The summed E-state index contributed by atoms with van der Waals surface area (Å²) in [4.78, 5) is 39.3. The molecule has 0 spiro atoms. The number of hydrogen-bond donors (Lipinski definition) is 1. The molecule has 3 aromatic rings. The van der Waals surface area contributed by atoms with Gasteiger partial charge in [-0.05, 0) is 92.1 Å². The van der Waals surface area contributed by atoms with E-state index < -0.39 is 17.8 Å². The monoisotopic (exact) mass is 676 g/mol. The van der Waals surface area contributed by atoms with Crippen molar-refractivity contribution in [3.63, 3.8) is 0 Å². The number of ether oxygens (including phenoxy) is 4. The number of carbonyl (C=O) groups is 3. The van der Waals surface area contributed by atoms with Crippen LogP contribution in [0.5, 0.6) is 23.0 Å². The van der Waals surface area contributed by atoms with Gasteiger partial charge in [0.05, 0.1) is 17.3 Å². The maximum absolute atomic E-state index is 13.3. The Morgan fingerprint density at radius 2 is 1.81 bits per heavy atom. The Morgan fingerprint density at radius 1 is 1.05 bits per heavy atom. The van der Waals surface area contributed by atoms with E-state index in [9.17, 15) is 14.4 Å². The van der Waals surface area contributed by atoms with Crippen LogP contribution in [0.3, 0.4) is 0 Å². The fourth-order valence-corrected chi connectivity index (χ4v) is 4.72. The highest BCUT2D eigenvalue weighted by atomic mass is 127. The molecule has 1 N–H and O–H groups in total. The largest absolute Gasteiger partial charge is 0.493 e. The van der Waals surface area contributed by atoms with Crippen LogP contribution in [0.2, 0.25) is 0 Å². The zero-order chi connectivity index (χ0) is 26.1. The van der Waals surface area contributed by atoms with Crippen LogP contribution in [0.1, 0.15) is 11.1 Å². The molecule has 1 saturated heterocycles. The van der Waals surface area contributed by atoms with Crippen LogP contribution in [0.15, 0.2) is 64.6 Å². The first kappa shape index (κ1) is 25.1. The number of fused-ring (bicyclic) bond motifs is 1. The summed E-state index contributed by atoms with van der Waals surface area (Å²) in [5, 5.41) is 2.21.